The SMILES string of the molecule is COc1ccc(OC)c([C@@H](C)NC(=S)Nc2ccc(SC(F)F)cc2)c1. The van der Waals surface area contributed by atoms with Gasteiger partial charge in [0, 0.05) is 16.1 Å². The molecule has 0 saturated carbocycles. The molecular formula is C18H20F2N2O2S2. The maximum atomic E-state index is 12.3. The van der Waals surface area contributed by atoms with Crippen molar-refractivity contribution in [3.8, 4) is 11.5 Å². The third-order valence-corrected chi connectivity index (χ3v) is 4.53. The molecule has 0 fully saturated rings. The number of thiocarbonyl (C=S) groups is 1. The highest BCUT2D eigenvalue weighted by molar-refractivity contribution is 7.99. The fraction of sp³-hybridized carbons (Fsp3) is 0.278. The molecule has 2 N–H and O–H groups in total. The Kier molecular flexibility index (Phi) is 7.47. The van der Waals surface area contributed by atoms with E-state index in [-0.39, 0.29) is 6.04 Å². The van der Waals surface area contributed by atoms with Gasteiger partial charge >= 0.3 is 0 Å². The van der Waals surface area contributed by atoms with Gasteiger partial charge in [0.1, 0.15) is 11.5 Å². The summed E-state index contributed by atoms with van der Waals surface area (Å²) >= 11 is 5.84. The molecular weight excluding hydrogens is 378 g/mol. The average Bonchev–Trinajstić information content (AvgIpc) is 2.62. The first-order chi connectivity index (χ1) is 12.4. The number of hydrogen-bond acceptors (Lipinski definition) is 4. The number of methoxy groups -OCH3 is 2. The maximum absolute atomic E-state index is 12.3. The van der Waals surface area contributed by atoms with Crippen LogP contribution in [-0.4, -0.2) is 25.1 Å². The molecule has 0 bridgehead atoms. The summed E-state index contributed by atoms with van der Waals surface area (Å²) in [4.78, 5) is 0.499. The summed E-state index contributed by atoms with van der Waals surface area (Å²) in [5.41, 5.74) is 1.62. The molecule has 2 aromatic rings. The van der Waals surface area contributed by atoms with Crippen LogP contribution in [0.2, 0.25) is 0 Å². The number of benzene rings is 2. The van der Waals surface area contributed by atoms with Gasteiger partial charge in [-0.25, -0.2) is 0 Å². The normalized spacial score (nSPS) is 11.8. The Labute approximate surface area is 161 Å². The van der Waals surface area contributed by atoms with Crippen LogP contribution < -0.4 is 20.1 Å². The summed E-state index contributed by atoms with van der Waals surface area (Å²) in [6, 6.07) is 12.1. The highest BCUT2D eigenvalue weighted by atomic mass is 32.2. The first-order valence-electron chi connectivity index (χ1n) is 7.77. The highest BCUT2D eigenvalue weighted by Crippen LogP contribution is 2.29. The van der Waals surface area contributed by atoms with Gasteiger partial charge in [0.05, 0.1) is 20.3 Å². The monoisotopic (exact) mass is 398 g/mol. The van der Waals surface area contributed by atoms with Gasteiger partial charge in [0.15, 0.2) is 5.11 Å². The van der Waals surface area contributed by atoms with Crippen molar-refractivity contribution in [2.24, 2.45) is 0 Å². The van der Waals surface area contributed by atoms with E-state index in [9.17, 15) is 8.78 Å². The quantitative estimate of drug-likeness (QED) is 0.502. The van der Waals surface area contributed by atoms with E-state index in [4.69, 9.17) is 21.7 Å². The number of anilines is 1. The van der Waals surface area contributed by atoms with Gasteiger partial charge in [0.25, 0.3) is 5.76 Å². The Morgan fingerprint density at radius 3 is 2.35 bits per heavy atom. The lowest BCUT2D eigenvalue weighted by Crippen LogP contribution is -2.31. The van der Waals surface area contributed by atoms with Crippen LogP contribution in [0, 0.1) is 0 Å². The fourth-order valence-electron chi connectivity index (χ4n) is 2.34. The van der Waals surface area contributed by atoms with Crippen molar-refractivity contribution in [3.05, 3.63) is 48.0 Å². The van der Waals surface area contributed by atoms with Crippen LogP contribution in [0.3, 0.4) is 0 Å². The molecule has 0 spiro atoms. The minimum absolute atomic E-state index is 0.131. The molecule has 8 heteroatoms. The van der Waals surface area contributed by atoms with Crippen molar-refractivity contribution in [1.82, 2.24) is 5.32 Å². The number of nitrogens with one attached hydrogen (secondary N) is 2. The highest BCUT2D eigenvalue weighted by Gasteiger charge is 2.14. The Morgan fingerprint density at radius 2 is 1.77 bits per heavy atom. The number of alkyl halides is 2. The molecule has 0 aliphatic rings. The van der Waals surface area contributed by atoms with E-state index in [1.165, 1.54) is 0 Å². The molecule has 2 aromatic carbocycles. The topological polar surface area (TPSA) is 42.5 Å². The third kappa shape index (κ3) is 5.74. The predicted octanol–water partition coefficient (Wildman–Crippen LogP) is 5.07. The molecule has 0 heterocycles. The molecule has 26 heavy (non-hydrogen) atoms. The second-order valence-electron chi connectivity index (χ2n) is 5.33. The van der Waals surface area contributed by atoms with E-state index in [2.05, 4.69) is 10.6 Å². The van der Waals surface area contributed by atoms with Crippen LogP contribution in [-0.2, 0) is 0 Å². The van der Waals surface area contributed by atoms with Gasteiger partial charge in [-0.3, -0.25) is 0 Å². The standard InChI is InChI=1S/C18H20F2N2O2S2/c1-11(15-10-13(23-2)6-9-16(15)24-3)21-18(25)22-12-4-7-14(8-5-12)26-17(19)20/h4-11,17H,1-3H3,(H2,21,22,25)/t11-/m1/s1. The Bertz CT molecular complexity index is 742. The number of halogens is 2. The van der Waals surface area contributed by atoms with Crippen molar-refractivity contribution >= 4 is 34.8 Å². The molecule has 0 aliphatic carbocycles. The van der Waals surface area contributed by atoms with E-state index in [1.807, 2.05) is 25.1 Å². The summed E-state index contributed by atoms with van der Waals surface area (Å²) in [6.07, 6.45) is 0. The minimum atomic E-state index is -2.43. The van der Waals surface area contributed by atoms with Crippen molar-refractivity contribution in [2.75, 3.05) is 19.5 Å². The van der Waals surface area contributed by atoms with Crippen LogP contribution in [0.1, 0.15) is 18.5 Å². The number of thioether (sulfide) groups is 1. The lowest BCUT2D eigenvalue weighted by Gasteiger charge is -2.20. The molecule has 140 valence electrons. The van der Waals surface area contributed by atoms with E-state index in [0.29, 0.717) is 27.5 Å². The summed E-state index contributed by atoms with van der Waals surface area (Å²) in [5, 5.41) is 6.63. The van der Waals surface area contributed by atoms with Crippen LogP contribution in [0.5, 0.6) is 11.5 Å². The molecule has 2 rings (SSSR count). The molecule has 0 amide bonds. The molecule has 1 atom stereocenters. The van der Waals surface area contributed by atoms with Gasteiger partial charge in [-0.15, -0.1) is 0 Å². The van der Waals surface area contributed by atoms with E-state index >= 15 is 0 Å². The first-order valence-corrected chi connectivity index (χ1v) is 9.06. The van der Waals surface area contributed by atoms with E-state index < -0.39 is 5.76 Å². The summed E-state index contributed by atoms with van der Waals surface area (Å²) in [5.74, 6) is -0.988. The molecule has 0 aromatic heterocycles. The fourth-order valence-corrected chi connectivity index (χ4v) is 3.13. The maximum Gasteiger partial charge on any atom is 0.288 e. The number of ether oxygens (including phenoxy) is 2. The largest absolute Gasteiger partial charge is 0.497 e. The second-order valence-corrected chi connectivity index (χ2v) is 6.80. The second kappa shape index (κ2) is 9.59. The van der Waals surface area contributed by atoms with Crippen LogP contribution in [0.25, 0.3) is 0 Å². The summed E-state index contributed by atoms with van der Waals surface area (Å²) in [6.45, 7) is 1.95. The van der Waals surface area contributed by atoms with E-state index in [0.717, 1.165) is 17.1 Å². The molecule has 0 radical (unpaired) electrons. The lowest BCUT2D eigenvalue weighted by atomic mass is 10.1. The van der Waals surface area contributed by atoms with Gasteiger partial charge < -0.3 is 20.1 Å². The smallest absolute Gasteiger partial charge is 0.288 e. The summed E-state index contributed by atoms with van der Waals surface area (Å²) < 4.78 is 35.3. The zero-order valence-electron chi connectivity index (χ0n) is 14.6. The van der Waals surface area contributed by atoms with Crippen LogP contribution in [0.15, 0.2) is 47.4 Å². The zero-order valence-corrected chi connectivity index (χ0v) is 16.2. The summed E-state index contributed by atoms with van der Waals surface area (Å²) in [7, 11) is 3.21. The van der Waals surface area contributed by atoms with Gasteiger partial charge in [-0.2, -0.15) is 8.78 Å². The van der Waals surface area contributed by atoms with E-state index in [1.54, 1.807) is 38.5 Å². The molecule has 0 aliphatic heterocycles. The zero-order chi connectivity index (χ0) is 19.1. The predicted molar refractivity (Wildman–Crippen MR) is 106 cm³/mol. The van der Waals surface area contributed by atoms with Crippen molar-refractivity contribution in [3.63, 3.8) is 0 Å². The average molecular weight is 399 g/mol. The van der Waals surface area contributed by atoms with Crippen molar-refractivity contribution in [1.29, 1.82) is 0 Å². The van der Waals surface area contributed by atoms with Crippen LogP contribution in [0.4, 0.5) is 14.5 Å². The number of rotatable bonds is 7. The Hall–Kier alpha value is -2.06. The first kappa shape index (κ1) is 20.3. The third-order valence-electron chi connectivity index (χ3n) is 3.59. The van der Waals surface area contributed by atoms with Gasteiger partial charge in [-0.05, 0) is 61.6 Å². The van der Waals surface area contributed by atoms with Crippen molar-refractivity contribution in [2.45, 2.75) is 23.6 Å². The van der Waals surface area contributed by atoms with Crippen molar-refractivity contribution < 1.29 is 18.3 Å². The Morgan fingerprint density at radius 1 is 1.08 bits per heavy atom. The number of hydrogen-bond donors (Lipinski definition) is 2. The van der Waals surface area contributed by atoms with Gasteiger partial charge in [0.2, 0.25) is 0 Å². The lowest BCUT2D eigenvalue weighted by molar-refractivity contribution is 0.252. The van der Waals surface area contributed by atoms with Crippen LogP contribution >= 0.6 is 24.0 Å². The molecule has 0 saturated heterocycles. The Balaban J connectivity index is 2.01. The minimum Gasteiger partial charge on any atom is -0.497 e. The van der Waals surface area contributed by atoms with Gasteiger partial charge in [-0.1, -0.05) is 11.8 Å². The molecule has 4 nitrogen and oxygen atoms in total. The molecule has 0 unspecified atom stereocenters.